The number of benzene rings is 1. The summed E-state index contributed by atoms with van der Waals surface area (Å²) in [6, 6.07) is 7.61. The Hall–Kier alpha value is -2.37. The predicted molar refractivity (Wildman–Crippen MR) is 81.1 cm³/mol. The fourth-order valence-electron chi connectivity index (χ4n) is 1.54. The summed E-state index contributed by atoms with van der Waals surface area (Å²) in [5, 5.41) is 7.85. The maximum absolute atomic E-state index is 5.85. The van der Waals surface area contributed by atoms with Crippen LogP contribution < -0.4 is 5.73 Å². The third kappa shape index (κ3) is 4.38. The molecule has 0 heterocycles. The van der Waals surface area contributed by atoms with E-state index in [9.17, 15) is 0 Å². The van der Waals surface area contributed by atoms with Gasteiger partial charge in [0.05, 0.1) is 5.71 Å². The lowest BCUT2D eigenvalue weighted by molar-refractivity contribution is 0.130. The standard InChI is InChI=1S/C14H20N4O2/c1-10(2)17-20-9-11-7-5-6-8-12(11)13(18-19-4)14(15)16-3/h5-8H,9H2,1-4H3,(H2,15,16). The Kier molecular flexibility index (Phi) is 6.22. The minimum Gasteiger partial charge on any atom is -0.399 e. The molecule has 6 nitrogen and oxygen atoms in total. The van der Waals surface area contributed by atoms with E-state index in [4.69, 9.17) is 15.4 Å². The molecule has 0 aliphatic carbocycles. The van der Waals surface area contributed by atoms with Crippen LogP contribution in [0.2, 0.25) is 0 Å². The highest BCUT2D eigenvalue weighted by Crippen LogP contribution is 2.12. The summed E-state index contributed by atoms with van der Waals surface area (Å²) in [5.41, 5.74) is 8.89. The average molecular weight is 276 g/mol. The molecule has 1 rings (SSSR count). The molecule has 2 N–H and O–H groups in total. The number of aliphatic imine (C=N–C) groups is 1. The van der Waals surface area contributed by atoms with Crippen LogP contribution in [0.4, 0.5) is 0 Å². The van der Waals surface area contributed by atoms with Gasteiger partial charge in [-0.1, -0.05) is 34.6 Å². The zero-order valence-corrected chi connectivity index (χ0v) is 12.3. The van der Waals surface area contributed by atoms with Crippen molar-refractivity contribution in [1.29, 1.82) is 0 Å². The third-order valence-corrected chi connectivity index (χ3v) is 2.41. The first kappa shape index (κ1) is 15.7. The summed E-state index contributed by atoms with van der Waals surface area (Å²) in [6.07, 6.45) is 0. The highest BCUT2D eigenvalue weighted by Gasteiger charge is 2.13. The number of rotatable bonds is 6. The summed E-state index contributed by atoms with van der Waals surface area (Å²) < 4.78 is 0. The molecule has 1 aromatic carbocycles. The number of nitrogens with two attached hydrogens (primary N) is 1. The minimum absolute atomic E-state index is 0.300. The topological polar surface area (TPSA) is 81.6 Å². The summed E-state index contributed by atoms with van der Waals surface area (Å²) in [4.78, 5) is 14.1. The van der Waals surface area contributed by atoms with E-state index in [-0.39, 0.29) is 0 Å². The van der Waals surface area contributed by atoms with E-state index in [2.05, 4.69) is 15.3 Å². The summed E-state index contributed by atoms with van der Waals surface area (Å²) in [5.74, 6) is 0.300. The Bertz CT molecular complexity index is 532. The van der Waals surface area contributed by atoms with Gasteiger partial charge in [0.1, 0.15) is 19.6 Å². The highest BCUT2D eigenvalue weighted by molar-refractivity contribution is 6.47. The first-order valence-corrected chi connectivity index (χ1v) is 6.15. The molecule has 20 heavy (non-hydrogen) atoms. The fraction of sp³-hybridized carbons (Fsp3) is 0.357. The van der Waals surface area contributed by atoms with Crippen LogP contribution in [-0.2, 0) is 16.3 Å². The molecule has 0 aromatic heterocycles. The van der Waals surface area contributed by atoms with Gasteiger partial charge in [-0.05, 0) is 13.8 Å². The Labute approximate surface area is 119 Å². The molecule has 0 fully saturated rings. The molecule has 0 spiro atoms. The van der Waals surface area contributed by atoms with E-state index < -0.39 is 0 Å². The Morgan fingerprint density at radius 2 is 1.90 bits per heavy atom. The molecule has 0 saturated carbocycles. The van der Waals surface area contributed by atoms with Crippen molar-refractivity contribution in [3.8, 4) is 0 Å². The van der Waals surface area contributed by atoms with Gasteiger partial charge in [0.2, 0.25) is 0 Å². The monoisotopic (exact) mass is 276 g/mol. The van der Waals surface area contributed by atoms with Crippen molar-refractivity contribution in [2.24, 2.45) is 21.0 Å². The third-order valence-electron chi connectivity index (χ3n) is 2.41. The van der Waals surface area contributed by atoms with Gasteiger partial charge in [0.25, 0.3) is 0 Å². The second-order valence-corrected chi connectivity index (χ2v) is 4.20. The molecule has 0 amide bonds. The van der Waals surface area contributed by atoms with E-state index in [1.54, 1.807) is 7.05 Å². The molecular weight excluding hydrogens is 256 g/mol. The first-order chi connectivity index (χ1) is 9.60. The molecule has 0 aliphatic rings. The van der Waals surface area contributed by atoms with Crippen LogP contribution in [0, 0.1) is 0 Å². The number of nitrogens with zero attached hydrogens (tertiary/aromatic N) is 3. The van der Waals surface area contributed by atoms with Gasteiger partial charge in [-0.2, -0.15) is 0 Å². The van der Waals surface area contributed by atoms with Crippen LogP contribution in [0.15, 0.2) is 39.6 Å². The molecule has 0 radical (unpaired) electrons. The van der Waals surface area contributed by atoms with Crippen molar-refractivity contribution in [2.45, 2.75) is 20.5 Å². The molecule has 0 atom stereocenters. The lowest BCUT2D eigenvalue weighted by Gasteiger charge is -2.10. The predicted octanol–water partition coefficient (Wildman–Crippen LogP) is 1.94. The summed E-state index contributed by atoms with van der Waals surface area (Å²) in [7, 11) is 3.07. The maximum atomic E-state index is 5.85. The van der Waals surface area contributed by atoms with Gasteiger partial charge in [0.15, 0.2) is 5.71 Å². The molecule has 108 valence electrons. The van der Waals surface area contributed by atoms with Crippen LogP contribution in [0.5, 0.6) is 0 Å². The SMILES string of the molecule is CN=C(N)C(=NOC)c1ccccc1CON=C(C)C. The molecule has 0 aliphatic heterocycles. The van der Waals surface area contributed by atoms with Gasteiger partial charge in [-0.15, -0.1) is 0 Å². The summed E-state index contributed by atoms with van der Waals surface area (Å²) in [6.45, 7) is 4.05. The van der Waals surface area contributed by atoms with Crippen molar-refractivity contribution >= 4 is 17.3 Å². The van der Waals surface area contributed by atoms with Crippen molar-refractivity contribution in [3.05, 3.63) is 35.4 Å². The second-order valence-electron chi connectivity index (χ2n) is 4.20. The van der Waals surface area contributed by atoms with Crippen molar-refractivity contribution < 1.29 is 9.68 Å². The highest BCUT2D eigenvalue weighted by atomic mass is 16.6. The number of amidine groups is 1. The maximum Gasteiger partial charge on any atom is 0.152 e. The molecule has 0 bridgehead atoms. The molecule has 6 heteroatoms. The lowest BCUT2D eigenvalue weighted by atomic mass is 10.0. The molecule has 1 aromatic rings. The van der Waals surface area contributed by atoms with E-state index in [1.807, 2.05) is 38.1 Å². The van der Waals surface area contributed by atoms with Crippen molar-refractivity contribution in [1.82, 2.24) is 0 Å². The quantitative estimate of drug-likeness (QED) is 0.489. The van der Waals surface area contributed by atoms with Gasteiger partial charge in [0, 0.05) is 18.2 Å². The largest absolute Gasteiger partial charge is 0.399 e. The fourth-order valence-corrected chi connectivity index (χ4v) is 1.54. The van der Waals surface area contributed by atoms with Crippen molar-refractivity contribution in [2.75, 3.05) is 14.2 Å². The first-order valence-electron chi connectivity index (χ1n) is 6.15. The lowest BCUT2D eigenvalue weighted by Crippen LogP contribution is -2.26. The van der Waals surface area contributed by atoms with Crippen LogP contribution >= 0.6 is 0 Å². The van der Waals surface area contributed by atoms with Crippen LogP contribution in [0.1, 0.15) is 25.0 Å². The van der Waals surface area contributed by atoms with Gasteiger partial charge in [-0.25, -0.2) is 0 Å². The molecular formula is C14H20N4O2. The van der Waals surface area contributed by atoms with E-state index in [0.717, 1.165) is 16.8 Å². The number of hydrogen-bond acceptors (Lipinski definition) is 5. The van der Waals surface area contributed by atoms with E-state index >= 15 is 0 Å². The van der Waals surface area contributed by atoms with E-state index in [0.29, 0.717) is 18.2 Å². The minimum atomic E-state index is 0.300. The summed E-state index contributed by atoms with van der Waals surface area (Å²) >= 11 is 0. The zero-order chi connectivity index (χ0) is 15.0. The van der Waals surface area contributed by atoms with Crippen LogP contribution in [0.3, 0.4) is 0 Å². The normalized spacial score (nSPS) is 12.0. The zero-order valence-electron chi connectivity index (χ0n) is 12.3. The Morgan fingerprint density at radius 3 is 2.50 bits per heavy atom. The Morgan fingerprint density at radius 1 is 1.20 bits per heavy atom. The van der Waals surface area contributed by atoms with Crippen LogP contribution in [-0.4, -0.2) is 31.4 Å². The van der Waals surface area contributed by atoms with Gasteiger partial charge >= 0.3 is 0 Å². The van der Waals surface area contributed by atoms with Gasteiger partial charge in [-0.3, -0.25) is 4.99 Å². The second kappa shape index (κ2) is 7.93. The molecule has 0 saturated heterocycles. The Balaban J connectivity index is 3.10. The smallest absolute Gasteiger partial charge is 0.152 e. The van der Waals surface area contributed by atoms with E-state index in [1.165, 1.54) is 7.11 Å². The van der Waals surface area contributed by atoms with Gasteiger partial charge < -0.3 is 15.4 Å². The number of oxime groups is 2. The molecule has 0 unspecified atom stereocenters. The average Bonchev–Trinajstić information content (AvgIpc) is 2.44. The number of hydrogen-bond donors (Lipinski definition) is 1. The van der Waals surface area contributed by atoms with Crippen molar-refractivity contribution in [3.63, 3.8) is 0 Å². The van der Waals surface area contributed by atoms with Crippen LogP contribution in [0.25, 0.3) is 0 Å².